The minimum atomic E-state index is 0.312. The Bertz CT molecular complexity index is 472. The smallest absolute Gasteiger partial charge is 0.0722 e. The Morgan fingerprint density at radius 2 is 2.41 bits per heavy atom. The van der Waals surface area contributed by atoms with Crippen LogP contribution in [0.4, 0.5) is 5.69 Å². The van der Waals surface area contributed by atoms with E-state index in [9.17, 15) is 0 Å². The number of halogens is 1. The lowest BCUT2D eigenvalue weighted by Gasteiger charge is -2.32. The molecule has 1 aliphatic heterocycles. The van der Waals surface area contributed by atoms with Crippen molar-refractivity contribution in [3.05, 3.63) is 29.6 Å². The zero-order valence-electron chi connectivity index (χ0n) is 9.82. The number of fused-ring (bicyclic) bond motifs is 1. The van der Waals surface area contributed by atoms with Crippen LogP contribution in [0.2, 0.25) is 0 Å². The fraction of sp³-hybridized carbons (Fsp3) is 0.462. The molecule has 1 unspecified atom stereocenters. The molecule has 1 aliphatic carbocycles. The maximum absolute atomic E-state index is 5.57. The Morgan fingerprint density at radius 3 is 3.24 bits per heavy atom. The van der Waals surface area contributed by atoms with Crippen LogP contribution in [0.5, 0.6) is 0 Å². The number of ether oxygens (including phenoxy) is 1. The predicted octanol–water partition coefficient (Wildman–Crippen LogP) is 2.64. The van der Waals surface area contributed by atoms with Gasteiger partial charge in [-0.25, -0.2) is 0 Å². The number of rotatable bonds is 1. The first-order valence-electron chi connectivity index (χ1n) is 5.95. The SMILES string of the molecule is CC1CN(c2cnc3c(c2)C(I)=CC3)CCO1. The molecule has 0 aromatic carbocycles. The third kappa shape index (κ3) is 2.20. The van der Waals surface area contributed by atoms with E-state index in [1.165, 1.54) is 20.5 Å². The first-order chi connectivity index (χ1) is 8.24. The summed E-state index contributed by atoms with van der Waals surface area (Å²) in [5, 5.41) is 0. The van der Waals surface area contributed by atoms with Crippen molar-refractivity contribution in [1.29, 1.82) is 0 Å². The van der Waals surface area contributed by atoms with Crippen LogP contribution in [0, 0.1) is 0 Å². The molecule has 2 heterocycles. The van der Waals surface area contributed by atoms with E-state index in [4.69, 9.17) is 4.74 Å². The molecule has 2 aliphatic rings. The van der Waals surface area contributed by atoms with E-state index < -0.39 is 0 Å². The van der Waals surface area contributed by atoms with Crippen LogP contribution < -0.4 is 4.90 Å². The number of nitrogens with zero attached hydrogens (tertiary/aromatic N) is 2. The highest BCUT2D eigenvalue weighted by atomic mass is 127. The molecule has 0 saturated carbocycles. The molecule has 17 heavy (non-hydrogen) atoms. The molecule has 0 radical (unpaired) electrons. The second-order valence-corrected chi connectivity index (χ2v) is 5.73. The predicted molar refractivity (Wildman–Crippen MR) is 77.6 cm³/mol. The molecule has 0 amide bonds. The average Bonchev–Trinajstić information content (AvgIpc) is 2.71. The van der Waals surface area contributed by atoms with Crippen molar-refractivity contribution in [2.24, 2.45) is 0 Å². The topological polar surface area (TPSA) is 25.4 Å². The van der Waals surface area contributed by atoms with Gasteiger partial charge in [0.2, 0.25) is 0 Å². The molecule has 1 atom stereocenters. The van der Waals surface area contributed by atoms with Gasteiger partial charge in [-0.1, -0.05) is 6.08 Å². The van der Waals surface area contributed by atoms with Crippen LogP contribution in [0.25, 0.3) is 3.58 Å². The number of hydrogen-bond acceptors (Lipinski definition) is 3. The molecule has 0 spiro atoms. The number of morpholine rings is 1. The lowest BCUT2D eigenvalue weighted by atomic mass is 10.2. The number of allylic oxidation sites excluding steroid dienone is 1. The van der Waals surface area contributed by atoms with Crippen molar-refractivity contribution in [2.45, 2.75) is 19.4 Å². The van der Waals surface area contributed by atoms with Gasteiger partial charge in [-0.3, -0.25) is 4.98 Å². The highest BCUT2D eigenvalue weighted by Crippen LogP contribution is 2.33. The second-order valence-electron chi connectivity index (χ2n) is 4.57. The maximum atomic E-state index is 5.57. The minimum absolute atomic E-state index is 0.312. The first kappa shape index (κ1) is 11.5. The summed E-state index contributed by atoms with van der Waals surface area (Å²) >= 11 is 2.39. The van der Waals surface area contributed by atoms with Gasteiger partial charge in [0.05, 0.1) is 30.3 Å². The summed E-state index contributed by atoms with van der Waals surface area (Å²) in [5.41, 5.74) is 3.74. The van der Waals surface area contributed by atoms with Gasteiger partial charge >= 0.3 is 0 Å². The van der Waals surface area contributed by atoms with Gasteiger partial charge in [-0.15, -0.1) is 0 Å². The Morgan fingerprint density at radius 1 is 1.53 bits per heavy atom. The van der Waals surface area contributed by atoms with Gasteiger partial charge in [0.15, 0.2) is 0 Å². The summed E-state index contributed by atoms with van der Waals surface area (Å²) < 4.78 is 6.90. The van der Waals surface area contributed by atoms with Crippen molar-refractivity contribution in [1.82, 2.24) is 4.98 Å². The summed E-state index contributed by atoms with van der Waals surface area (Å²) in [4.78, 5) is 6.94. The summed E-state index contributed by atoms with van der Waals surface area (Å²) in [6, 6.07) is 2.27. The first-order valence-corrected chi connectivity index (χ1v) is 7.03. The quantitative estimate of drug-likeness (QED) is 0.734. The lowest BCUT2D eigenvalue weighted by molar-refractivity contribution is 0.0532. The van der Waals surface area contributed by atoms with E-state index in [2.05, 4.69) is 51.5 Å². The zero-order chi connectivity index (χ0) is 11.8. The van der Waals surface area contributed by atoms with E-state index in [1.807, 2.05) is 6.20 Å². The third-order valence-corrected chi connectivity index (χ3v) is 4.32. The fourth-order valence-corrected chi connectivity index (χ4v) is 3.06. The van der Waals surface area contributed by atoms with Crippen LogP contribution in [-0.4, -0.2) is 30.8 Å². The normalized spacial score (nSPS) is 23.5. The summed E-state index contributed by atoms with van der Waals surface area (Å²) in [7, 11) is 0. The molecule has 1 aromatic heterocycles. The van der Waals surface area contributed by atoms with E-state index in [-0.39, 0.29) is 0 Å². The molecule has 4 heteroatoms. The average molecular weight is 342 g/mol. The van der Waals surface area contributed by atoms with E-state index in [0.29, 0.717) is 6.10 Å². The van der Waals surface area contributed by atoms with Crippen molar-refractivity contribution in [2.75, 3.05) is 24.6 Å². The van der Waals surface area contributed by atoms with E-state index in [0.717, 1.165) is 26.1 Å². The Hall–Kier alpha value is -0.620. The van der Waals surface area contributed by atoms with Crippen LogP contribution in [0.1, 0.15) is 18.2 Å². The van der Waals surface area contributed by atoms with Crippen molar-refractivity contribution >= 4 is 31.9 Å². The molecule has 3 rings (SSSR count). The number of hydrogen-bond donors (Lipinski definition) is 0. The van der Waals surface area contributed by atoms with Crippen molar-refractivity contribution in [3.8, 4) is 0 Å². The molecule has 90 valence electrons. The lowest BCUT2D eigenvalue weighted by Crippen LogP contribution is -2.41. The van der Waals surface area contributed by atoms with Crippen molar-refractivity contribution < 1.29 is 4.74 Å². The van der Waals surface area contributed by atoms with Gasteiger partial charge in [-0.05, 0) is 35.6 Å². The molecular formula is C13H15IN2O. The summed E-state index contributed by atoms with van der Waals surface area (Å²) in [5.74, 6) is 0. The van der Waals surface area contributed by atoms with Crippen molar-refractivity contribution in [3.63, 3.8) is 0 Å². The van der Waals surface area contributed by atoms with Crippen LogP contribution >= 0.6 is 22.6 Å². The minimum Gasteiger partial charge on any atom is -0.375 e. The van der Waals surface area contributed by atoms with Crippen LogP contribution in [-0.2, 0) is 11.2 Å². The van der Waals surface area contributed by atoms with Crippen LogP contribution in [0.15, 0.2) is 18.3 Å². The van der Waals surface area contributed by atoms with Gasteiger partial charge in [0.25, 0.3) is 0 Å². The maximum Gasteiger partial charge on any atom is 0.0722 e. The Balaban J connectivity index is 1.89. The monoisotopic (exact) mass is 342 g/mol. The Labute approximate surface area is 115 Å². The molecule has 1 saturated heterocycles. The van der Waals surface area contributed by atoms with Gasteiger partial charge in [0.1, 0.15) is 0 Å². The summed E-state index contributed by atoms with van der Waals surface area (Å²) in [6.07, 6.45) is 5.53. The second kappa shape index (κ2) is 4.57. The van der Waals surface area contributed by atoms with Gasteiger partial charge < -0.3 is 9.64 Å². The molecule has 1 aromatic rings. The fourth-order valence-electron chi connectivity index (χ4n) is 2.37. The number of aromatic nitrogens is 1. The highest BCUT2D eigenvalue weighted by molar-refractivity contribution is 14.1. The molecule has 0 N–H and O–H groups in total. The van der Waals surface area contributed by atoms with E-state index >= 15 is 0 Å². The standard InChI is InChI=1S/C13H15IN2O/c1-9-8-16(4-5-17-9)10-6-11-12(14)2-3-13(11)15-7-10/h2,6-7,9H,3-5,8H2,1H3. The molecule has 0 bridgehead atoms. The van der Waals surface area contributed by atoms with Crippen LogP contribution in [0.3, 0.4) is 0 Å². The van der Waals surface area contributed by atoms with Gasteiger partial charge in [0, 0.05) is 28.7 Å². The third-order valence-electron chi connectivity index (χ3n) is 3.29. The Kier molecular flexibility index (Phi) is 3.08. The molecule has 1 fully saturated rings. The van der Waals surface area contributed by atoms with Gasteiger partial charge in [-0.2, -0.15) is 0 Å². The zero-order valence-corrected chi connectivity index (χ0v) is 12.0. The molecule has 3 nitrogen and oxygen atoms in total. The van der Waals surface area contributed by atoms with E-state index in [1.54, 1.807) is 0 Å². The number of pyridine rings is 1. The largest absolute Gasteiger partial charge is 0.375 e. The number of anilines is 1. The summed E-state index contributed by atoms with van der Waals surface area (Å²) in [6.45, 7) is 4.85. The molecular weight excluding hydrogens is 327 g/mol. The highest BCUT2D eigenvalue weighted by Gasteiger charge is 2.20.